The van der Waals surface area contributed by atoms with Crippen molar-refractivity contribution in [1.82, 2.24) is 10.3 Å². The molecule has 86 valence electrons. The quantitative estimate of drug-likeness (QED) is 0.620. The molecule has 0 aliphatic rings. The van der Waals surface area contributed by atoms with Gasteiger partial charge in [0.25, 0.3) is 0 Å². The third kappa shape index (κ3) is 3.33. The highest BCUT2D eigenvalue weighted by atomic mass is 32.1. The molecule has 1 aromatic rings. The lowest BCUT2D eigenvalue weighted by Gasteiger charge is -2.13. The molecule has 0 spiro atoms. The molecule has 0 fully saturated rings. The second kappa shape index (κ2) is 6.26. The number of carbonyl (C=O) groups excluding carboxylic acids is 1. The van der Waals surface area contributed by atoms with E-state index in [1.165, 1.54) is 11.3 Å². The molecular formula is C11H14N2O2S. The summed E-state index contributed by atoms with van der Waals surface area (Å²) in [7, 11) is 0. The molecule has 4 nitrogen and oxygen atoms in total. The molecule has 0 aliphatic heterocycles. The highest BCUT2D eigenvalue weighted by Crippen LogP contribution is 2.19. The van der Waals surface area contributed by atoms with Crippen LogP contribution in [0.5, 0.6) is 0 Å². The minimum atomic E-state index is -0.560. The lowest BCUT2D eigenvalue weighted by molar-refractivity contribution is -0.145. The van der Waals surface area contributed by atoms with Crippen molar-refractivity contribution in [2.45, 2.75) is 19.9 Å². The van der Waals surface area contributed by atoms with Gasteiger partial charge in [0, 0.05) is 11.1 Å². The normalized spacial score (nSPS) is 11.8. The molecule has 0 amide bonds. The second-order valence-electron chi connectivity index (χ2n) is 3.10. The van der Waals surface area contributed by atoms with Gasteiger partial charge in [0.05, 0.1) is 13.2 Å². The molecule has 1 unspecified atom stereocenters. The smallest absolute Gasteiger partial charge is 0.330 e. The molecule has 1 heterocycles. The van der Waals surface area contributed by atoms with Crippen LogP contribution in [0.25, 0.3) is 0 Å². The summed E-state index contributed by atoms with van der Waals surface area (Å²) < 4.78 is 4.96. The van der Waals surface area contributed by atoms with Gasteiger partial charge < -0.3 is 4.74 Å². The standard InChI is InChI=1S/C11H14N2O2S/c1-4-6-12-9(11(14)15-5-2)10-13-8(3)7-16-10/h1,7,9,12H,5-6H2,2-3H3. The number of aryl methyl sites for hydroxylation is 1. The number of esters is 1. The van der Waals surface area contributed by atoms with Gasteiger partial charge in [0.1, 0.15) is 5.01 Å². The topological polar surface area (TPSA) is 51.2 Å². The first kappa shape index (κ1) is 12.7. The summed E-state index contributed by atoms with van der Waals surface area (Å²) in [5.74, 6) is 2.09. The molecule has 0 aromatic carbocycles. The fourth-order valence-electron chi connectivity index (χ4n) is 1.16. The maximum absolute atomic E-state index is 11.7. The van der Waals surface area contributed by atoms with Crippen LogP contribution in [0, 0.1) is 19.3 Å². The van der Waals surface area contributed by atoms with Gasteiger partial charge in [-0.05, 0) is 13.8 Å². The van der Waals surface area contributed by atoms with E-state index in [-0.39, 0.29) is 5.97 Å². The van der Waals surface area contributed by atoms with Gasteiger partial charge in [-0.15, -0.1) is 17.8 Å². The molecule has 0 radical (unpaired) electrons. The molecular weight excluding hydrogens is 224 g/mol. The zero-order valence-electron chi connectivity index (χ0n) is 9.32. The Kier molecular flexibility index (Phi) is 4.96. The van der Waals surface area contributed by atoms with Gasteiger partial charge in [0.15, 0.2) is 6.04 Å². The van der Waals surface area contributed by atoms with E-state index in [1.54, 1.807) is 6.92 Å². The molecule has 16 heavy (non-hydrogen) atoms. The van der Waals surface area contributed by atoms with Crippen LogP contribution in [0.4, 0.5) is 0 Å². The summed E-state index contributed by atoms with van der Waals surface area (Å²) >= 11 is 1.42. The van der Waals surface area contributed by atoms with E-state index < -0.39 is 6.04 Å². The lowest BCUT2D eigenvalue weighted by atomic mass is 10.3. The number of thiazole rings is 1. The van der Waals surface area contributed by atoms with Crippen LogP contribution < -0.4 is 5.32 Å². The van der Waals surface area contributed by atoms with Crippen molar-refractivity contribution >= 4 is 17.3 Å². The lowest BCUT2D eigenvalue weighted by Crippen LogP contribution is -2.30. The number of rotatable bonds is 5. The van der Waals surface area contributed by atoms with Crippen molar-refractivity contribution in [2.75, 3.05) is 13.2 Å². The van der Waals surface area contributed by atoms with E-state index in [9.17, 15) is 4.79 Å². The predicted molar refractivity (Wildman–Crippen MR) is 63.1 cm³/mol. The van der Waals surface area contributed by atoms with E-state index >= 15 is 0 Å². The van der Waals surface area contributed by atoms with E-state index in [1.807, 2.05) is 12.3 Å². The Hall–Kier alpha value is -1.38. The Morgan fingerprint density at radius 2 is 2.56 bits per heavy atom. The summed E-state index contributed by atoms with van der Waals surface area (Å²) in [4.78, 5) is 15.9. The Labute approximate surface area is 99.0 Å². The Bertz CT molecular complexity index is 395. The molecule has 1 atom stereocenters. The van der Waals surface area contributed by atoms with Gasteiger partial charge in [-0.2, -0.15) is 0 Å². The number of nitrogens with one attached hydrogen (secondary N) is 1. The Balaban J connectivity index is 2.79. The van der Waals surface area contributed by atoms with Gasteiger partial charge >= 0.3 is 5.97 Å². The number of carbonyl (C=O) groups is 1. The van der Waals surface area contributed by atoms with Crippen LogP contribution in [-0.2, 0) is 9.53 Å². The fourth-order valence-corrected chi connectivity index (χ4v) is 2.02. The molecule has 1 aromatic heterocycles. The van der Waals surface area contributed by atoms with Crippen LogP contribution in [0.15, 0.2) is 5.38 Å². The minimum Gasteiger partial charge on any atom is -0.465 e. The van der Waals surface area contributed by atoms with E-state index in [4.69, 9.17) is 11.2 Å². The molecule has 0 saturated carbocycles. The number of ether oxygens (including phenoxy) is 1. The number of hydrogen-bond donors (Lipinski definition) is 1. The monoisotopic (exact) mass is 238 g/mol. The van der Waals surface area contributed by atoms with Gasteiger partial charge in [0.2, 0.25) is 0 Å². The summed E-state index contributed by atoms with van der Waals surface area (Å²) in [6.07, 6.45) is 5.15. The summed E-state index contributed by atoms with van der Waals surface area (Å²) in [5.41, 5.74) is 0.886. The van der Waals surface area contributed by atoms with Crippen molar-refractivity contribution in [3.05, 3.63) is 16.1 Å². The van der Waals surface area contributed by atoms with Gasteiger partial charge in [-0.25, -0.2) is 9.78 Å². The third-order valence-electron chi connectivity index (χ3n) is 1.81. The average Bonchev–Trinajstić information content (AvgIpc) is 2.66. The van der Waals surface area contributed by atoms with Crippen LogP contribution in [0.3, 0.4) is 0 Å². The van der Waals surface area contributed by atoms with E-state index in [0.29, 0.717) is 18.2 Å². The molecule has 0 bridgehead atoms. The molecule has 5 heteroatoms. The van der Waals surface area contributed by atoms with Crippen molar-refractivity contribution < 1.29 is 9.53 Å². The highest BCUT2D eigenvalue weighted by Gasteiger charge is 2.23. The summed E-state index contributed by atoms with van der Waals surface area (Å²) in [6, 6.07) is -0.560. The Morgan fingerprint density at radius 3 is 3.06 bits per heavy atom. The molecule has 1 rings (SSSR count). The zero-order valence-corrected chi connectivity index (χ0v) is 10.1. The first-order valence-electron chi connectivity index (χ1n) is 4.94. The van der Waals surface area contributed by atoms with Crippen molar-refractivity contribution in [2.24, 2.45) is 0 Å². The van der Waals surface area contributed by atoms with Gasteiger partial charge in [-0.1, -0.05) is 5.92 Å². The average molecular weight is 238 g/mol. The molecule has 1 N–H and O–H groups in total. The van der Waals surface area contributed by atoms with Crippen LogP contribution in [-0.4, -0.2) is 24.1 Å². The first-order chi connectivity index (χ1) is 7.69. The third-order valence-corrected chi connectivity index (χ3v) is 2.84. The summed E-state index contributed by atoms with van der Waals surface area (Å²) in [6.45, 7) is 4.30. The van der Waals surface area contributed by atoms with Crippen molar-refractivity contribution in [3.8, 4) is 12.3 Å². The number of aromatic nitrogens is 1. The zero-order chi connectivity index (χ0) is 12.0. The van der Waals surface area contributed by atoms with E-state index in [2.05, 4.69) is 16.2 Å². The highest BCUT2D eigenvalue weighted by molar-refractivity contribution is 7.09. The Morgan fingerprint density at radius 1 is 1.81 bits per heavy atom. The number of terminal acetylenes is 1. The molecule has 0 saturated heterocycles. The number of hydrogen-bond acceptors (Lipinski definition) is 5. The summed E-state index contributed by atoms with van der Waals surface area (Å²) in [5, 5.41) is 5.50. The van der Waals surface area contributed by atoms with E-state index in [0.717, 1.165) is 5.69 Å². The SMILES string of the molecule is C#CCNC(C(=O)OCC)c1nc(C)cs1. The molecule has 0 aliphatic carbocycles. The largest absolute Gasteiger partial charge is 0.465 e. The van der Waals surface area contributed by atoms with Crippen LogP contribution in [0.2, 0.25) is 0 Å². The van der Waals surface area contributed by atoms with Crippen molar-refractivity contribution in [1.29, 1.82) is 0 Å². The van der Waals surface area contributed by atoms with Crippen LogP contribution in [0.1, 0.15) is 23.7 Å². The fraction of sp³-hybridized carbons (Fsp3) is 0.455. The maximum Gasteiger partial charge on any atom is 0.330 e. The first-order valence-corrected chi connectivity index (χ1v) is 5.82. The predicted octanol–water partition coefficient (Wildman–Crippen LogP) is 1.28. The number of nitrogens with zero attached hydrogens (tertiary/aromatic N) is 1. The van der Waals surface area contributed by atoms with Gasteiger partial charge in [-0.3, -0.25) is 5.32 Å². The second-order valence-corrected chi connectivity index (χ2v) is 3.99. The van der Waals surface area contributed by atoms with Crippen LogP contribution >= 0.6 is 11.3 Å². The van der Waals surface area contributed by atoms with Crippen molar-refractivity contribution in [3.63, 3.8) is 0 Å². The maximum atomic E-state index is 11.7. The minimum absolute atomic E-state index is 0.308.